The number of aryl methyl sites for hydroxylation is 2. The average molecular weight is 465 g/mol. The van der Waals surface area contributed by atoms with Gasteiger partial charge in [-0.2, -0.15) is 0 Å². The van der Waals surface area contributed by atoms with Gasteiger partial charge in [-0.05, 0) is 62.1 Å². The molecule has 1 saturated carbocycles. The number of thioether (sulfide) groups is 1. The highest BCUT2D eigenvalue weighted by Crippen LogP contribution is 2.23. The van der Waals surface area contributed by atoms with Gasteiger partial charge in [0, 0.05) is 6.04 Å². The third-order valence-corrected chi connectivity index (χ3v) is 6.96. The molecule has 1 heterocycles. The molecule has 33 heavy (non-hydrogen) atoms. The van der Waals surface area contributed by atoms with Gasteiger partial charge in [0.2, 0.25) is 5.91 Å². The number of imide groups is 1. The molecule has 0 saturated heterocycles. The topological polar surface area (TPSA) is 93.1 Å². The van der Waals surface area contributed by atoms with Gasteiger partial charge < -0.3 is 5.32 Å². The van der Waals surface area contributed by atoms with Crippen LogP contribution >= 0.6 is 11.8 Å². The first kappa shape index (κ1) is 23.0. The molecule has 0 atom stereocenters. The van der Waals surface area contributed by atoms with Gasteiger partial charge in [-0.3, -0.25) is 19.5 Å². The van der Waals surface area contributed by atoms with Crippen LogP contribution in [-0.2, 0) is 4.79 Å². The summed E-state index contributed by atoms with van der Waals surface area (Å²) in [5.41, 5.74) is 3.25. The van der Waals surface area contributed by atoms with Crippen LogP contribution in [0.15, 0.2) is 52.4 Å². The van der Waals surface area contributed by atoms with Gasteiger partial charge in [-0.15, -0.1) is 0 Å². The fourth-order valence-corrected chi connectivity index (χ4v) is 4.88. The van der Waals surface area contributed by atoms with E-state index in [9.17, 15) is 14.4 Å². The van der Waals surface area contributed by atoms with Gasteiger partial charge in [0.25, 0.3) is 5.56 Å². The summed E-state index contributed by atoms with van der Waals surface area (Å²) in [6, 6.07) is 12.6. The molecule has 0 radical (unpaired) electrons. The van der Waals surface area contributed by atoms with Crippen LogP contribution < -0.4 is 16.2 Å². The van der Waals surface area contributed by atoms with Crippen molar-refractivity contribution in [3.05, 3.63) is 63.9 Å². The van der Waals surface area contributed by atoms with Crippen molar-refractivity contribution in [2.75, 3.05) is 5.75 Å². The summed E-state index contributed by atoms with van der Waals surface area (Å²) in [4.78, 5) is 42.6. The van der Waals surface area contributed by atoms with Crippen LogP contribution in [0.2, 0.25) is 0 Å². The van der Waals surface area contributed by atoms with E-state index in [-0.39, 0.29) is 17.4 Å². The lowest BCUT2D eigenvalue weighted by Crippen LogP contribution is -2.45. The molecule has 172 valence electrons. The molecule has 3 aromatic rings. The summed E-state index contributed by atoms with van der Waals surface area (Å²) < 4.78 is 1.54. The van der Waals surface area contributed by atoms with Crippen molar-refractivity contribution in [3.63, 3.8) is 0 Å². The summed E-state index contributed by atoms with van der Waals surface area (Å²) in [6.07, 6.45) is 5.27. The molecule has 2 N–H and O–H groups in total. The molecule has 1 aliphatic rings. The number of amides is 3. The zero-order chi connectivity index (χ0) is 23.4. The van der Waals surface area contributed by atoms with Crippen LogP contribution in [0.4, 0.5) is 4.79 Å². The molecule has 4 rings (SSSR count). The van der Waals surface area contributed by atoms with E-state index >= 15 is 0 Å². The summed E-state index contributed by atoms with van der Waals surface area (Å²) >= 11 is 1.14. The summed E-state index contributed by atoms with van der Waals surface area (Å²) in [5, 5.41) is 6.20. The predicted octanol–water partition coefficient (Wildman–Crippen LogP) is 4.25. The Hall–Kier alpha value is -3.13. The number of aromatic nitrogens is 2. The fourth-order valence-electron chi connectivity index (χ4n) is 4.06. The molecule has 0 aliphatic heterocycles. The van der Waals surface area contributed by atoms with Crippen LogP contribution in [-0.4, -0.2) is 33.3 Å². The van der Waals surface area contributed by atoms with Crippen LogP contribution in [0.25, 0.3) is 16.6 Å². The molecule has 1 aliphatic carbocycles. The van der Waals surface area contributed by atoms with Crippen LogP contribution in [0.1, 0.15) is 43.2 Å². The second kappa shape index (κ2) is 10.2. The molecule has 7 nitrogen and oxygen atoms in total. The number of fused-ring (bicyclic) bond motifs is 1. The first-order valence-corrected chi connectivity index (χ1v) is 12.2. The minimum Gasteiger partial charge on any atom is -0.335 e. The standard InChI is InChI=1S/C25H28N4O3S/c1-16-12-13-19(14-17(16)2)29-23(31)20-10-6-7-11-21(20)27-25(29)33-15-22(30)28-24(32)26-18-8-4-3-5-9-18/h6-7,10-14,18H,3-5,8-9,15H2,1-2H3,(H2,26,28,30,32). The number of carbonyl (C=O) groups is 2. The van der Waals surface area contributed by atoms with Gasteiger partial charge in [0.05, 0.1) is 22.3 Å². The van der Waals surface area contributed by atoms with Gasteiger partial charge in [-0.1, -0.05) is 49.2 Å². The molecule has 1 aromatic heterocycles. The lowest BCUT2D eigenvalue weighted by atomic mass is 9.96. The molecule has 8 heteroatoms. The first-order valence-electron chi connectivity index (χ1n) is 11.2. The van der Waals surface area contributed by atoms with E-state index in [1.165, 1.54) is 11.0 Å². The number of rotatable bonds is 5. The van der Waals surface area contributed by atoms with Gasteiger partial charge in [-0.25, -0.2) is 9.78 Å². The molecular weight excluding hydrogens is 436 g/mol. The van der Waals surface area contributed by atoms with Crippen molar-refractivity contribution in [1.29, 1.82) is 0 Å². The first-order chi connectivity index (χ1) is 15.9. The van der Waals surface area contributed by atoms with E-state index in [4.69, 9.17) is 0 Å². The Morgan fingerprint density at radius 1 is 1.06 bits per heavy atom. The van der Waals surface area contributed by atoms with Crippen LogP contribution in [0, 0.1) is 13.8 Å². The van der Waals surface area contributed by atoms with Gasteiger partial charge in [0.1, 0.15) is 0 Å². The Morgan fingerprint density at radius 3 is 2.58 bits per heavy atom. The Morgan fingerprint density at radius 2 is 1.82 bits per heavy atom. The normalized spacial score (nSPS) is 14.2. The molecular formula is C25H28N4O3S. The third-order valence-electron chi connectivity index (χ3n) is 6.02. The van der Waals surface area contributed by atoms with E-state index in [0.29, 0.717) is 21.7 Å². The fraction of sp³-hybridized carbons (Fsp3) is 0.360. The van der Waals surface area contributed by atoms with Crippen LogP contribution in [0.3, 0.4) is 0 Å². The maximum absolute atomic E-state index is 13.3. The molecule has 0 bridgehead atoms. The minimum absolute atomic E-state index is 0.0340. The Labute approximate surface area is 197 Å². The second-order valence-electron chi connectivity index (χ2n) is 8.47. The number of hydrogen-bond acceptors (Lipinski definition) is 5. The number of para-hydroxylation sites is 1. The highest BCUT2D eigenvalue weighted by molar-refractivity contribution is 7.99. The summed E-state index contributed by atoms with van der Waals surface area (Å²) in [6.45, 7) is 4.00. The third kappa shape index (κ3) is 5.45. The maximum atomic E-state index is 13.3. The van der Waals surface area contributed by atoms with Crippen molar-refractivity contribution in [2.24, 2.45) is 0 Å². The number of benzene rings is 2. The zero-order valence-electron chi connectivity index (χ0n) is 18.9. The number of nitrogens with zero attached hydrogens (tertiary/aromatic N) is 2. The predicted molar refractivity (Wildman–Crippen MR) is 131 cm³/mol. The molecule has 1 fully saturated rings. The second-order valence-corrected chi connectivity index (χ2v) is 9.41. The van der Waals surface area contributed by atoms with Gasteiger partial charge in [0.15, 0.2) is 5.16 Å². The van der Waals surface area contributed by atoms with Crippen molar-refractivity contribution >= 4 is 34.6 Å². The average Bonchev–Trinajstić information content (AvgIpc) is 2.80. The van der Waals surface area contributed by atoms with E-state index in [2.05, 4.69) is 15.6 Å². The van der Waals surface area contributed by atoms with Crippen molar-refractivity contribution in [1.82, 2.24) is 20.2 Å². The lowest BCUT2D eigenvalue weighted by molar-refractivity contribution is -0.117. The summed E-state index contributed by atoms with van der Waals surface area (Å²) in [5.74, 6) is -0.462. The number of hydrogen-bond donors (Lipinski definition) is 2. The summed E-state index contributed by atoms with van der Waals surface area (Å²) in [7, 11) is 0. The molecule has 2 aromatic carbocycles. The quantitative estimate of drug-likeness (QED) is 0.435. The monoisotopic (exact) mass is 464 g/mol. The Balaban J connectivity index is 1.55. The highest BCUT2D eigenvalue weighted by atomic mass is 32.2. The Kier molecular flexibility index (Phi) is 7.13. The zero-order valence-corrected chi connectivity index (χ0v) is 19.7. The SMILES string of the molecule is Cc1ccc(-n2c(SCC(=O)NC(=O)NC3CCCCC3)nc3ccccc3c2=O)cc1C. The highest BCUT2D eigenvalue weighted by Gasteiger charge is 2.19. The molecule has 0 spiro atoms. The molecule has 3 amide bonds. The van der Waals surface area contributed by atoms with Crippen molar-refractivity contribution in [2.45, 2.75) is 57.1 Å². The van der Waals surface area contributed by atoms with Crippen LogP contribution in [0.5, 0.6) is 0 Å². The Bertz CT molecular complexity index is 1250. The number of urea groups is 1. The molecule has 0 unspecified atom stereocenters. The van der Waals surface area contributed by atoms with Crippen molar-refractivity contribution in [3.8, 4) is 5.69 Å². The smallest absolute Gasteiger partial charge is 0.321 e. The lowest BCUT2D eigenvalue weighted by Gasteiger charge is -2.22. The largest absolute Gasteiger partial charge is 0.335 e. The maximum Gasteiger partial charge on any atom is 0.321 e. The van der Waals surface area contributed by atoms with E-state index < -0.39 is 11.9 Å². The number of nitrogens with one attached hydrogen (secondary N) is 2. The van der Waals surface area contributed by atoms with E-state index in [1.807, 2.05) is 38.1 Å². The van der Waals surface area contributed by atoms with E-state index in [0.717, 1.165) is 48.6 Å². The van der Waals surface area contributed by atoms with Gasteiger partial charge >= 0.3 is 6.03 Å². The van der Waals surface area contributed by atoms with E-state index in [1.54, 1.807) is 18.2 Å². The number of carbonyl (C=O) groups excluding carboxylic acids is 2. The minimum atomic E-state index is -0.467. The van der Waals surface area contributed by atoms with Crippen molar-refractivity contribution < 1.29 is 9.59 Å².